The SMILES string of the molecule is CCNC(=NCc1ccccc1CN1CCOCC1)NC(C)CCS(C)(=O)=O.I. The Morgan fingerprint density at radius 1 is 1.24 bits per heavy atom. The van der Waals surface area contributed by atoms with Gasteiger partial charge in [0.25, 0.3) is 0 Å². The number of halogens is 1. The zero-order chi connectivity index (χ0) is 20.4. The Bertz CT molecular complexity index is 737. The molecule has 0 radical (unpaired) electrons. The normalized spacial score (nSPS) is 16.7. The van der Waals surface area contributed by atoms with E-state index in [9.17, 15) is 8.42 Å². The van der Waals surface area contributed by atoms with E-state index < -0.39 is 9.84 Å². The fourth-order valence-corrected chi connectivity index (χ4v) is 3.83. The zero-order valence-electron chi connectivity index (χ0n) is 17.7. The van der Waals surface area contributed by atoms with Gasteiger partial charge in [0.15, 0.2) is 5.96 Å². The monoisotopic (exact) mass is 538 g/mol. The van der Waals surface area contributed by atoms with Gasteiger partial charge in [-0.25, -0.2) is 13.4 Å². The Morgan fingerprint density at radius 3 is 2.52 bits per heavy atom. The van der Waals surface area contributed by atoms with Crippen LogP contribution in [-0.4, -0.2) is 70.2 Å². The average molecular weight is 538 g/mol. The Labute approximate surface area is 192 Å². The van der Waals surface area contributed by atoms with Crippen LogP contribution >= 0.6 is 24.0 Å². The maximum atomic E-state index is 11.4. The van der Waals surface area contributed by atoms with E-state index in [0.717, 1.165) is 39.4 Å². The van der Waals surface area contributed by atoms with Gasteiger partial charge < -0.3 is 15.4 Å². The number of aliphatic imine (C=N–C) groups is 1. The quantitative estimate of drug-likeness (QED) is 0.285. The van der Waals surface area contributed by atoms with Crippen molar-refractivity contribution in [2.75, 3.05) is 44.9 Å². The van der Waals surface area contributed by atoms with Crippen molar-refractivity contribution in [3.63, 3.8) is 0 Å². The Balaban J connectivity index is 0.00000420. The number of nitrogens with zero attached hydrogens (tertiary/aromatic N) is 2. The van der Waals surface area contributed by atoms with Gasteiger partial charge in [0.2, 0.25) is 0 Å². The van der Waals surface area contributed by atoms with Crippen molar-refractivity contribution in [1.29, 1.82) is 0 Å². The number of guanidine groups is 1. The Kier molecular flexibility index (Phi) is 12.1. The molecule has 2 rings (SSSR count). The largest absolute Gasteiger partial charge is 0.379 e. The molecular weight excluding hydrogens is 503 g/mol. The third kappa shape index (κ3) is 10.6. The molecule has 1 aromatic rings. The van der Waals surface area contributed by atoms with Crippen molar-refractivity contribution in [1.82, 2.24) is 15.5 Å². The summed E-state index contributed by atoms with van der Waals surface area (Å²) in [4.78, 5) is 7.13. The lowest BCUT2D eigenvalue weighted by atomic mass is 10.1. The van der Waals surface area contributed by atoms with Crippen molar-refractivity contribution in [2.45, 2.75) is 39.4 Å². The number of sulfone groups is 1. The van der Waals surface area contributed by atoms with E-state index in [1.165, 1.54) is 17.4 Å². The number of rotatable bonds is 9. The molecular formula is C20H35IN4O3S. The number of morpholine rings is 1. The molecule has 0 amide bonds. The van der Waals surface area contributed by atoms with E-state index in [1.807, 2.05) is 19.9 Å². The second kappa shape index (κ2) is 13.4. The predicted molar refractivity (Wildman–Crippen MR) is 130 cm³/mol. The highest BCUT2D eigenvalue weighted by atomic mass is 127. The van der Waals surface area contributed by atoms with Crippen molar-refractivity contribution in [3.05, 3.63) is 35.4 Å². The fourth-order valence-electron chi connectivity index (χ4n) is 3.05. The van der Waals surface area contributed by atoms with Crippen LogP contribution in [0.5, 0.6) is 0 Å². The fraction of sp³-hybridized carbons (Fsp3) is 0.650. The van der Waals surface area contributed by atoms with E-state index in [0.29, 0.717) is 18.9 Å². The summed E-state index contributed by atoms with van der Waals surface area (Å²) in [5, 5.41) is 6.55. The van der Waals surface area contributed by atoms with Gasteiger partial charge in [0, 0.05) is 38.5 Å². The van der Waals surface area contributed by atoms with Crippen LogP contribution in [0.2, 0.25) is 0 Å². The molecule has 29 heavy (non-hydrogen) atoms. The van der Waals surface area contributed by atoms with Gasteiger partial charge in [-0.3, -0.25) is 4.90 Å². The van der Waals surface area contributed by atoms with E-state index in [4.69, 9.17) is 9.73 Å². The molecule has 1 aliphatic heterocycles. The number of benzene rings is 1. The van der Waals surface area contributed by atoms with Crippen LogP contribution in [0.1, 0.15) is 31.4 Å². The highest BCUT2D eigenvalue weighted by molar-refractivity contribution is 14.0. The van der Waals surface area contributed by atoms with Crippen molar-refractivity contribution >= 4 is 39.8 Å². The number of hydrogen-bond acceptors (Lipinski definition) is 5. The third-order valence-electron chi connectivity index (χ3n) is 4.67. The smallest absolute Gasteiger partial charge is 0.191 e. The van der Waals surface area contributed by atoms with Crippen LogP contribution in [0.4, 0.5) is 0 Å². The second-order valence-corrected chi connectivity index (χ2v) is 9.58. The first-order valence-electron chi connectivity index (χ1n) is 9.97. The molecule has 0 spiro atoms. The van der Waals surface area contributed by atoms with Gasteiger partial charge in [-0.15, -0.1) is 24.0 Å². The van der Waals surface area contributed by atoms with Gasteiger partial charge in [0.05, 0.1) is 25.5 Å². The molecule has 166 valence electrons. The van der Waals surface area contributed by atoms with Gasteiger partial charge in [-0.2, -0.15) is 0 Å². The first kappa shape index (κ1) is 26.1. The molecule has 1 aliphatic rings. The Hall–Kier alpha value is -0.910. The molecule has 0 aromatic heterocycles. The summed E-state index contributed by atoms with van der Waals surface area (Å²) in [5.41, 5.74) is 2.49. The maximum Gasteiger partial charge on any atom is 0.191 e. The molecule has 1 fully saturated rings. The van der Waals surface area contributed by atoms with E-state index in [1.54, 1.807) is 0 Å². The summed E-state index contributed by atoms with van der Waals surface area (Å²) < 4.78 is 28.2. The molecule has 0 bridgehead atoms. The van der Waals surface area contributed by atoms with Crippen LogP contribution in [0.3, 0.4) is 0 Å². The molecule has 1 unspecified atom stereocenters. The first-order chi connectivity index (χ1) is 13.4. The number of hydrogen-bond donors (Lipinski definition) is 2. The summed E-state index contributed by atoms with van der Waals surface area (Å²) in [6, 6.07) is 8.42. The van der Waals surface area contributed by atoms with E-state index >= 15 is 0 Å². The highest BCUT2D eigenvalue weighted by Crippen LogP contribution is 2.14. The molecule has 1 atom stereocenters. The lowest BCUT2D eigenvalue weighted by Crippen LogP contribution is -2.42. The van der Waals surface area contributed by atoms with Gasteiger partial charge in [-0.1, -0.05) is 24.3 Å². The molecule has 0 aliphatic carbocycles. The lowest BCUT2D eigenvalue weighted by Gasteiger charge is -2.27. The third-order valence-corrected chi connectivity index (χ3v) is 5.65. The van der Waals surface area contributed by atoms with E-state index in [-0.39, 0.29) is 35.8 Å². The molecule has 1 saturated heterocycles. The van der Waals surface area contributed by atoms with Gasteiger partial charge in [-0.05, 0) is 31.4 Å². The zero-order valence-corrected chi connectivity index (χ0v) is 20.8. The molecule has 9 heteroatoms. The molecule has 1 aromatic carbocycles. The van der Waals surface area contributed by atoms with Crippen LogP contribution < -0.4 is 10.6 Å². The summed E-state index contributed by atoms with van der Waals surface area (Å²) in [7, 11) is -2.96. The lowest BCUT2D eigenvalue weighted by molar-refractivity contribution is 0.0341. The molecule has 1 heterocycles. The molecule has 7 nitrogen and oxygen atoms in total. The summed E-state index contributed by atoms with van der Waals surface area (Å²) in [6.07, 6.45) is 1.82. The van der Waals surface area contributed by atoms with Crippen LogP contribution in [0, 0.1) is 0 Å². The van der Waals surface area contributed by atoms with E-state index in [2.05, 4.69) is 33.7 Å². The number of ether oxygens (including phenoxy) is 1. The minimum Gasteiger partial charge on any atom is -0.379 e. The highest BCUT2D eigenvalue weighted by Gasteiger charge is 2.13. The van der Waals surface area contributed by atoms with Crippen molar-refractivity contribution in [2.24, 2.45) is 4.99 Å². The standard InChI is InChI=1S/C20H34N4O3S.HI/c1-4-21-20(23-17(2)9-14-28(3,25)26)22-15-18-7-5-6-8-19(18)16-24-10-12-27-13-11-24;/h5-8,17H,4,9-16H2,1-3H3,(H2,21,22,23);1H. The predicted octanol–water partition coefficient (Wildman–Crippen LogP) is 2.02. The second-order valence-electron chi connectivity index (χ2n) is 7.32. The van der Waals surface area contributed by atoms with Crippen molar-refractivity contribution < 1.29 is 13.2 Å². The topological polar surface area (TPSA) is 83.0 Å². The molecule has 0 saturated carbocycles. The minimum absolute atomic E-state index is 0. The summed E-state index contributed by atoms with van der Waals surface area (Å²) >= 11 is 0. The first-order valence-corrected chi connectivity index (χ1v) is 12.0. The van der Waals surface area contributed by atoms with Crippen molar-refractivity contribution in [3.8, 4) is 0 Å². The minimum atomic E-state index is -2.96. The van der Waals surface area contributed by atoms with Crippen LogP contribution in [0.25, 0.3) is 0 Å². The summed E-state index contributed by atoms with van der Waals surface area (Å²) in [5.74, 6) is 0.882. The Morgan fingerprint density at radius 2 is 1.90 bits per heavy atom. The molecule has 2 N–H and O–H groups in total. The number of nitrogens with one attached hydrogen (secondary N) is 2. The summed E-state index contributed by atoms with van der Waals surface area (Å²) in [6.45, 7) is 9.73. The maximum absolute atomic E-state index is 11.4. The van der Waals surface area contributed by atoms with Crippen LogP contribution in [0.15, 0.2) is 29.3 Å². The van der Waals surface area contributed by atoms with Crippen LogP contribution in [-0.2, 0) is 27.7 Å². The van der Waals surface area contributed by atoms with Gasteiger partial charge >= 0.3 is 0 Å². The van der Waals surface area contributed by atoms with Gasteiger partial charge in [0.1, 0.15) is 9.84 Å². The average Bonchev–Trinajstić information content (AvgIpc) is 2.66.